The molecule has 1 N–H and O–H groups in total. The van der Waals surface area contributed by atoms with Crippen molar-refractivity contribution in [2.75, 3.05) is 6.61 Å². The first-order valence-electron chi connectivity index (χ1n) is 5.50. The molecule has 0 spiro atoms. The standard InChI is InChI=1S/C13H20O2/c1-10(2)7-8-15-13-6-4-5-12(9-13)11(3)14/h4-6,9-11,14H,7-8H2,1-3H3/t11-/m1/s1. The Labute approximate surface area is 91.9 Å². The Hall–Kier alpha value is -1.02. The molecule has 2 nitrogen and oxygen atoms in total. The Morgan fingerprint density at radius 2 is 2.00 bits per heavy atom. The maximum atomic E-state index is 9.41. The monoisotopic (exact) mass is 208 g/mol. The highest BCUT2D eigenvalue weighted by atomic mass is 16.5. The van der Waals surface area contributed by atoms with Crippen LogP contribution in [-0.2, 0) is 0 Å². The summed E-state index contributed by atoms with van der Waals surface area (Å²) in [5.74, 6) is 1.50. The zero-order valence-corrected chi connectivity index (χ0v) is 9.73. The van der Waals surface area contributed by atoms with Crippen molar-refractivity contribution in [1.82, 2.24) is 0 Å². The summed E-state index contributed by atoms with van der Waals surface area (Å²) in [6.45, 7) is 6.85. The number of aliphatic hydroxyl groups excluding tert-OH is 1. The van der Waals surface area contributed by atoms with Crippen molar-refractivity contribution >= 4 is 0 Å². The minimum atomic E-state index is -0.432. The summed E-state index contributed by atoms with van der Waals surface area (Å²) in [6.07, 6.45) is 0.623. The van der Waals surface area contributed by atoms with Crippen molar-refractivity contribution in [3.05, 3.63) is 29.8 Å². The third-order valence-corrected chi connectivity index (χ3v) is 2.30. The number of hydrogen-bond donors (Lipinski definition) is 1. The minimum absolute atomic E-state index is 0.432. The van der Waals surface area contributed by atoms with Gasteiger partial charge < -0.3 is 9.84 Å². The van der Waals surface area contributed by atoms with E-state index in [0.29, 0.717) is 5.92 Å². The van der Waals surface area contributed by atoms with E-state index < -0.39 is 6.10 Å². The van der Waals surface area contributed by atoms with E-state index in [-0.39, 0.29) is 0 Å². The number of rotatable bonds is 5. The lowest BCUT2D eigenvalue weighted by atomic mass is 10.1. The predicted molar refractivity (Wildman–Crippen MR) is 62.0 cm³/mol. The minimum Gasteiger partial charge on any atom is -0.494 e. The molecule has 84 valence electrons. The molecule has 0 aliphatic heterocycles. The number of ether oxygens (including phenoxy) is 1. The van der Waals surface area contributed by atoms with Gasteiger partial charge in [0.15, 0.2) is 0 Å². The summed E-state index contributed by atoms with van der Waals surface area (Å²) in [5.41, 5.74) is 0.900. The molecular weight excluding hydrogens is 188 g/mol. The molecular formula is C13H20O2. The molecule has 1 aromatic rings. The van der Waals surface area contributed by atoms with E-state index in [1.54, 1.807) is 6.92 Å². The SMILES string of the molecule is CC(C)CCOc1cccc([C@@H](C)O)c1. The van der Waals surface area contributed by atoms with Crippen molar-refractivity contribution < 1.29 is 9.84 Å². The molecule has 0 aromatic heterocycles. The topological polar surface area (TPSA) is 29.5 Å². The average Bonchev–Trinajstić information content (AvgIpc) is 2.17. The van der Waals surface area contributed by atoms with E-state index >= 15 is 0 Å². The zero-order chi connectivity index (χ0) is 11.3. The summed E-state index contributed by atoms with van der Waals surface area (Å²) in [5, 5.41) is 9.41. The van der Waals surface area contributed by atoms with Crippen LogP contribution in [0.5, 0.6) is 5.75 Å². The molecule has 0 amide bonds. The lowest BCUT2D eigenvalue weighted by Crippen LogP contribution is -2.02. The number of benzene rings is 1. The molecule has 0 heterocycles. The molecule has 1 atom stereocenters. The molecule has 0 fully saturated rings. The smallest absolute Gasteiger partial charge is 0.119 e. The van der Waals surface area contributed by atoms with Gasteiger partial charge in [0.1, 0.15) is 5.75 Å². The third kappa shape index (κ3) is 4.34. The van der Waals surface area contributed by atoms with E-state index in [0.717, 1.165) is 24.3 Å². The summed E-state index contributed by atoms with van der Waals surface area (Å²) in [6, 6.07) is 7.63. The molecule has 0 unspecified atom stereocenters. The van der Waals surface area contributed by atoms with Gasteiger partial charge in [0.05, 0.1) is 12.7 Å². The lowest BCUT2D eigenvalue weighted by molar-refractivity contribution is 0.198. The first kappa shape index (κ1) is 12.1. The van der Waals surface area contributed by atoms with Crippen LogP contribution in [-0.4, -0.2) is 11.7 Å². The fraction of sp³-hybridized carbons (Fsp3) is 0.538. The summed E-state index contributed by atoms with van der Waals surface area (Å²) in [4.78, 5) is 0. The van der Waals surface area contributed by atoms with Crippen LogP contribution in [0.25, 0.3) is 0 Å². The van der Waals surface area contributed by atoms with Crippen molar-refractivity contribution in [1.29, 1.82) is 0 Å². The van der Waals surface area contributed by atoms with Crippen LogP contribution in [0.3, 0.4) is 0 Å². The lowest BCUT2D eigenvalue weighted by Gasteiger charge is -2.10. The highest BCUT2D eigenvalue weighted by Gasteiger charge is 2.02. The van der Waals surface area contributed by atoms with Gasteiger partial charge in [-0.3, -0.25) is 0 Å². The van der Waals surface area contributed by atoms with Crippen LogP contribution in [0.4, 0.5) is 0 Å². The molecule has 0 saturated heterocycles. The van der Waals surface area contributed by atoms with Crippen LogP contribution in [0.1, 0.15) is 38.9 Å². The molecule has 0 aliphatic rings. The molecule has 15 heavy (non-hydrogen) atoms. The van der Waals surface area contributed by atoms with Gasteiger partial charge in [-0.25, -0.2) is 0 Å². The fourth-order valence-corrected chi connectivity index (χ4v) is 1.28. The first-order chi connectivity index (χ1) is 7.09. The molecule has 0 aliphatic carbocycles. The van der Waals surface area contributed by atoms with Crippen LogP contribution in [0.15, 0.2) is 24.3 Å². The molecule has 2 heteroatoms. The Bertz CT molecular complexity index is 292. The van der Waals surface area contributed by atoms with E-state index in [9.17, 15) is 5.11 Å². The van der Waals surface area contributed by atoms with Crippen LogP contribution < -0.4 is 4.74 Å². The van der Waals surface area contributed by atoms with Gasteiger partial charge in [0.25, 0.3) is 0 Å². The Morgan fingerprint density at radius 3 is 2.60 bits per heavy atom. The second-order valence-corrected chi connectivity index (χ2v) is 4.28. The van der Waals surface area contributed by atoms with Gasteiger partial charge in [-0.05, 0) is 37.0 Å². The number of hydrogen-bond acceptors (Lipinski definition) is 2. The molecule has 1 rings (SSSR count). The fourth-order valence-electron chi connectivity index (χ4n) is 1.28. The van der Waals surface area contributed by atoms with Gasteiger partial charge in [-0.15, -0.1) is 0 Å². The highest BCUT2D eigenvalue weighted by Crippen LogP contribution is 2.19. The Morgan fingerprint density at radius 1 is 1.27 bits per heavy atom. The number of aliphatic hydroxyl groups is 1. The second-order valence-electron chi connectivity index (χ2n) is 4.28. The Kier molecular flexibility index (Phi) is 4.63. The highest BCUT2D eigenvalue weighted by molar-refractivity contribution is 5.29. The van der Waals surface area contributed by atoms with Crippen LogP contribution in [0.2, 0.25) is 0 Å². The summed E-state index contributed by atoms with van der Waals surface area (Å²) >= 11 is 0. The summed E-state index contributed by atoms with van der Waals surface area (Å²) < 4.78 is 5.60. The summed E-state index contributed by atoms with van der Waals surface area (Å²) in [7, 11) is 0. The average molecular weight is 208 g/mol. The second kappa shape index (κ2) is 5.76. The van der Waals surface area contributed by atoms with E-state index in [1.165, 1.54) is 0 Å². The van der Waals surface area contributed by atoms with E-state index in [1.807, 2.05) is 24.3 Å². The van der Waals surface area contributed by atoms with Gasteiger partial charge in [-0.2, -0.15) is 0 Å². The van der Waals surface area contributed by atoms with E-state index in [4.69, 9.17) is 4.74 Å². The first-order valence-corrected chi connectivity index (χ1v) is 5.50. The molecule has 1 aromatic carbocycles. The molecule has 0 radical (unpaired) electrons. The van der Waals surface area contributed by atoms with Gasteiger partial charge in [-0.1, -0.05) is 26.0 Å². The molecule has 0 saturated carbocycles. The maximum absolute atomic E-state index is 9.41. The maximum Gasteiger partial charge on any atom is 0.119 e. The largest absolute Gasteiger partial charge is 0.494 e. The third-order valence-electron chi connectivity index (χ3n) is 2.30. The molecule has 0 bridgehead atoms. The Balaban J connectivity index is 2.50. The van der Waals surface area contributed by atoms with E-state index in [2.05, 4.69) is 13.8 Å². The van der Waals surface area contributed by atoms with Crippen molar-refractivity contribution in [3.63, 3.8) is 0 Å². The zero-order valence-electron chi connectivity index (χ0n) is 9.73. The normalized spacial score (nSPS) is 12.9. The van der Waals surface area contributed by atoms with Gasteiger partial charge in [0, 0.05) is 0 Å². The van der Waals surface area contributed by atoms with Gasteiger partial charge >= 0.3 is 0 Å². The van der Waals surface area contributed by atoms with Crippen molar-refractivity contribution in [2.24, 2.45) is 5.92 Å². The van der Waals surface area contributed by atoms with Crippen LogP contribution in [0, 0.1) is 5.92 Å². The predicted octanol–water partition coefficient (Wildman–Crippen LogP) is 3.16. The van der Waals surface area contributed by atoms with Gasteiger partial charge in [0.2, 0.25) is 0 Å². The van der Waals surface area contributed by atoms with Crippen LogP contribution >= 0.6 is 0 Å². The van der Waals surface area contributed by atoms with Crippen molar-refractivity contribution in [3.8, 4) is 5.75 Å². The van der Waals surface area contributed by atoms with Crippen molar-refractivity contribution in [2.45, 2.75) is 33.3 Å². The quantitative estimate of drug-likeness (QED) is 0.805.